The number of pyridine rings is 1. The number of nitrogens with zero attached hydrogens (tertiary/aromatic N) is 8. The summed E-state index contributed by atoms with van der Waals surface area (Å²) < 4.78 is 34.8. The van der Waals surface area contributed by atoms with Crippen LogP contribution in [0.1, 0.15) is 31.2 Å². The Hall–Kier alpha value is -5.38. The maximum absolute atomic E-state index is 15.5. The molecule has 3 fully saturated rings. The first kappa shape index (κ1) is 35.6. The topological polar surface area (TPSA) is 135 Å². The molecule has 0 bridgehead atoms. The Bertz CT molecular complexity index is 2180. The Morgan fingerprint density at radius 1 is 0.963 bits per heavy atom. The fourth-order valence-electron chi connectivity index (χ4n) is 7.70. The van der Waals surface area contributed by atoms with Crippen LogP contribution in [0.25, 0.3) is 16.6 Å². The van der Waals surface area contributed by atoms with E-state index in [4.69, 9.17) is 14.2 Å². The second-order valence-electron chi connectivity index (χ2n) is 14.1. The average molecular weight is 737 g/mol. The van der Waals surface area contributed by atoms with Crippen LogP contribution in [0.4, 0.5) is 27.3 Å². The lowest BCUT2D eigenvalue weighted by atomic mass is 10.0. The number of halogens is 1. The number of aromatic nitrogens is 5. The molecule has 8 rings (SSSR count). The van der Waals surface area contributed by atoms with Gasteiger partial charge >= 0.3 is 0 Å². The SMILES string of the molecule is COc1cc(Oc2ccn3ncnc3c2)c(C)cc1Nc1ncnc2cc(N3CCC(N4CCOCC4)CC3)c(NC(=O)C(F)=CC3CCCN3C)cc12. The van der Waals surface area contributed by atoms with Crippen molar-refractivity contribution in [2.24, 2.45) is 0 Å². The smallest absolute Gasteiger partial charge is 0.284 e. The van der Waals surface area contributed by atoms with Gasteiger partial charge in [-0.05, 0) is 82.1 Å². The Balaban J connectivity index is 1.09. The van der Waals surface area contributed by atoms with E-state index >= 15 is 4.39 Å². The summed E-state index contributed by atoms with van der Waals surface area (Å²) in [5.74, 6) is 0.683. The maximum atomic E-state index is 15.5. The van der Waals surface area contributed by atoms with Gasteiger partial charge in [-0.2, -0.15) is 5.10 Å². The Kier molecular flexibility index (Phi) is 10.3. The zero-order valence-corrected chi connectivity index (χ0v) is 30.8. The predicted molar refractivity (Wildman–Crippen MR) is 205 cm³/mol. The first-order chi connectivity index (χ1) is 26.3. The molecule has 2 aromatic carbocycles. The molecular formula is C39H45FN10O4. The van der Waals surface area contributed by atoms with Gasteiger partial charge in [0.2, 0.25) is 0 Å². The fourth-order valence-corrected chi connectivity index (χ4v) is 7.70. The molecule has 0 radical (unpaired) electrons. The molecule has 0 aliphatic carbocycles. The van der Waals surface area contributed by atoms with E-state index < -0.39 is 11.7 Å². The number of amides is 1. The van der Waals surface area contributed by atoms with Crippen LogP contribution >= 0.6 is 0 Å². The average Bonchev–Trinajstić information content (AvgIpc) is 3.84. The van der Waals surface area contributed by atoms with Gasteiger partial charge in [-0.25, -0.2) is 23.9 Å². The largest absolute Gasteiger partial charge is 0.494 e. The fraction of sp³-hybridized carbons (Fsp3) is 0.410. The predicted octanol–water partition coefficient (Wildman–Crippen LogP) is 5.71. The van der Waals surface area contributed by atoms with Crippen LogP contribution in [0.5, 0.6) is 17.2 Å². The summed E-state index contributed by atoms with van der Waals surface area (Å²) in [6.45, 7) is 7.80. The third-order valence-electron chi connectivity index (χ3n) is 10.7. The highest BCUT2D eigenvalue weighted by atomic mass is 19.1. The van der Waals surface area contributed by atoms with Crippen LogP contribution in [0.15, 0.2) is 67.2 Å². The van der Waals surface area contributed by atoms with Crippen LogP contribution in [0.2, 0.25) is 0 Å². The van der Waals surface area contributed by atoms with Gasteiger partial charge < -0.3 is 29.7 Å². The highest BCUT2D eigenvalue weighted by Gasteiger charge is 2.28. The molecule has 1 unspecified atom stereocenters. The quantitative estimate of drug-likeness (QED) is 0.170. The number of morpholine rings is 1. The zero-order valence-electron chi connectivity index (χ0n) is 30.8. The molecule has 6 heterocycles. The van der Waals surface area contributed by atoms with Gasteiger partial charge in [-0.15, -0.1) is 0 Å². The van der Waals surface area contributed by atoms with Crippen LogP contribution in [-0.2, 0) is 9.53 Å². The number of rotatable bonds is 10. The molecule has 15 heteroatoms. The molecule has 2 N–H and O–H groups in total. The van der Waals surface area contributed by atoms with Crippen molar-refractivity contribution in [3.05, 3.63) is 72.7 Å². The summed E-state index contributed by atoms with van der Waals surface area (Å²) in [6.07, 6.45) is 9.95. The van der Waals surface area contributed by atoms with Gasteiger partial charge in [0.05, 0.1) is 42.9 Å². The van der Waals surface area contributed by atoms with Gasteiger partial charge in [0.15, 0.2) is 11.5 Å². The number of hydrogen-bond acceptors (Lipinski definition) is 12. The second-order valence-corrected chi connectivity index (χ2v) is 14.1. The Morgan fingerprint density at radius 2 is 1.80 bits per heavy atom. The number of aryl methyl sites for hydroxylation is 1. The normalized spacial score (nSPS) is 19.1. The maximum Gasteiger partial charge on any atom is 0.284 e. The molecule has 0 spiro atoms. The van der Waals surface area contributed by atoms with E-state index in [0.717, 1.165) is 82.9 Å². The molecule has 3 aliphatic heterocycles. The Morgan fingerprint density at radius 3 is 2.57 bits per heavy atom. The van der Waals surface area contributed by atoms with Crippen molar-refractivity contribution in [2.45, 2.75) is 44.7 Å². The van der Waals surface area contributed by atoms with Crippen molar-refractivity contribution in [1.29, 1.82) is 0 Å². The number of methoxy groups -OCH3 is 1. The zero-order chi connectivity index (χ0) is 37.2. The van der Waals surface area contributed by atoms with E-state index in [-0.39, 0.29) is 6.04 Å². The van der Waals surface area contributed by atoms with Gasteiger partial charge in [-0.1, -0.05) is 0 Å². The molecule has 14 nitrogen and oxygen atoms in total. The number of anilines is 4. The molecule has 3 aromatic heterocycles. The number of nitrogens with one attached hydrogen (secondary N) is 2. The first-order valence-corrected chi connectivity index (χ1v) is 18.5. The summed E-state index contributed by atoms with van der Waals surface area (Å²) in [6, 6.07) is 11.5. The number of likely N-dealkylation sites (tertiary alicyclic amines) is 1. The van der Waals surface area contributed by atoms with Crippen LogP contribution in [-0.4, -0.2) is 112 Å². The molecule has 3 aliphatic rings. The number of carbonyl (C=O) groups is 1. The minimum Gasteiger partial charge on any atom is -0.494 e. The van der Waals surface area contributed by atoms with Crippen molar-refractivity contribution in [3.63, 3.8) is 0 Å². The number of likely N-dealkylation sites (N-methyl/N-ethyl adjacent to an activating group) is 1. The van der Waals surface area contributed by atoms with Crippen LogP contribution in [0.3, 0.4) is 0 Å². The molecule has 0 saturated carbocycles. The molecule has 5 aromatic rings. The minimum absolute atomic E-state index is 0.108. The summed E-state index contributed by atoms with van der Waals surface area (Å²) in [5.41, 5.74) is 4.15. The number of hydrogen-bond donors (Lipinski definition) is 2. The number of piperidine rings is 1. The van der Waals surface area contributed by atoms with Crippen molar-refractivity contribution >= 4 is 45.3 Å². The van der Waals surface area contributed by atoms with Gasteiger partial charge in [0.25, 0.3) is 5.91 Å². The van der Waals surface area contributed by atoms with Gasteiger partial charge in [-0.3, -0.25) is 14.6 Å². The van der Waals surface area contributed by atoms with Crippen molar-refractivity contribution < 1.29 is 23.4 Å². The standard InChI is InChI=1S/C39H45FN10O4/c1-25-17-33(36(52-3)22-35(25)54-28-8-12-50-37(19-28)42-24-44-50)45-38-29-20-32(46-39(51)30(40)18-27-5-4-9-47(27)2)34(21-31(29)41-23-43-38)49-10-6-26(7-11-49)48-13-15-53-16-14-48/h8,12,17-24,26-27H,4-7,9-11,13-16H2,1-3H3,(H,46,51)(H,41,43,45). The number of fused-ring (bicyclic) bond motifs is 2. The molecular weight excluding hydrogens is 691 g/mol. The number of ether oxygens (including phenoxy) is 3. The summed E-state index contributed by atoms with van der Waals surface area (Å²) in [7, 11) is 3.54. The summed E-state index contributed by atoms with van der Waals surface area (Å²) in [5, 5.41) is 11.1. The van der Waals surface area contributed by atoms with E-state index in [1.54, 1.807) is 17.8 Å². The minimum atomic E-state index is -0.794. The lowest BCUT2D eigenvalue weighted by Crippen LogP contribution is -2.49. The van der Waals surface area contributed by atoms with E-state index in [2.05, 4.69) is 45.4 Å². The number of benzene rings is 2. The first-order valence-electron chi connectivity index (χ1n) is 18.5. The van der Waals surface area contributed by atoms with Crippen molar-refractivity contribution in [2.75, 3.05) is 75.6 Å². The highest BCUT2D eigenvalue weighted by Crippen LogP contribution is 2.40. The Labute approximate surface area is 312 Å². The summed E-state index contributed by atoms with van der Waals surface area (Å²) >= 11 is 0. The van der Waals surface area contributed by atoms with E-state index in [1.807, 2.05) is 50.4 Å². The second kappa shape index (κ2) is 15.5. The lowest BCUT2D eigenvalue weighted by molar-refractivity contribution is -0.114. The molecule has 3 saturated heterocycles. The van der Waals surface area contributed by atoms with Crippen LogP contribution < -0.4 is 25.0 Å². The molecule has 1 amide bonds. The van der Waals surface area contributed by atoms with Gasteiger partial charge in [0, 0.05) is 62.0 Å². The van der Waals surface area contributed by atoms with Crippen molar-refractivity contribution in [3.8, 4) is 17.2 Å². The lowest BCUT2D eigenvalue weighted by Gasteiger charge is -2.41. The third kappa shape index (κ3) is 7.52. The van der Waals surface area contributed by atoms with Gasteiger partial charge in [0.1, 0.15) is 35.7 Å². The highest BCUT2D eigenvalue weighted by molar-refractivity contribution is 6.07. The van der Waals surface area contributed by atoms with E-state index in [1.165, 1.54) is 18.7 Å². The van der Waals surface area contributed by atoms with E-state index in [0.29, 0.717) is 57.0 Å². The molecule has 54 heavy (non-hydrogen) atoms. The third-order valence-corrected chi connectivity index (χ3v) is 10.7. The van der Waals surface area contributed by atoms with Crippen molar-refractivity contribution in [1.82, 2.24) is 34.4 Å². The van der Waals surface area contributed by atoms with E-state index in [9.17, 15) is 4.79 Å². The monoisotopic (exact) mass is 736 g/mol. The number of carbonyl (C=O) groups excluding carboxylic acids is 1. The molecule has 1 atom stereocenters. The van der Waals surface area contributed by atoms with Crippen LogP contribution in [0, 0.1) is 6.92 Å². The molecule has 282 valence electrons. The summed E-state index contributed by atoms with van der Waals surface area (Å²) in [4.78, 5) is 33.8.